The van der Waals surface area contributed by atoms with E-state index in [1.165, 1.54) is 32.1 Å². The summed E-state index contributed by atoms with van der Waals surface area (Å²) in [5, 5.41) is 0.768. The van der Waals surface area contributed by atoms with Crippen LogP contribution in [-0.2, 0) is 5.75 Å². The van der Waals surface area contributed by atoms with Gasteiger partial charge >= 0.3 is 0 Å². The molecule has 2 N–H and O–H groups in total. The monoisotopic (exact) mass is 299 g/mol. The van der Waals surface area contributed by atoms with E-state index in [0.29, 0.717) is 5.82 Å². The van der Waals surface area contributed by atoms with Crippen LogP contribution in [0.2, 0.25) is 0 Å². The number of nitrogens with two attached hydrogens (primary N) is 1. The fourth-order valence-electron chi connectivity index (χ4n) is 2.76. The van der Waals surface area contributed by atoms with Crippen molar-refractivity contribution in [2.75, 3.05) is 5.73 Å². The Hall–Kier alpha value is -1.55. The maximum atomic E-state index is 5.95. The lowest BCUT2D eigenvalue weighted by molar-refractivity contribution is 0.516. The molecule has 0 saturated heterocycles. The van der Waals surface area contributed by atoms with Gasteiger partial charge in [-0.1, -0.05) is 49.6 Å². The summed E-state index contributed by atoms with van der Waals surface area (Å²) in [6.07, 6.45) is 6.79. The van der Waals surface area contributed by atoms with E-state index in [2.05, 4.69) is 22.1 Å². The molecule has 110 valence electrons. The van der Waals surface area contributed by atoms with Crippen molar-refractivity contribution >= 4 is 17.6 Å². The third-order valence-electron chi connectivity index (χ3n) is 3.86. The van der Waals surface area contributed by atoms with Crippen LogP contribution in [0.3, 0.4) is 0 Å². The predicted octanol–water partition coefficient (Wildman–Crippen LogP) is 4.29. The van der Waals surface area contributed by atoms with Gasteiger partial charge in [0.25, 0.3) is 0 Å². The molecule has 1 aliphatic rings. The molecule has 0 spiro atoms. The number of thioether (sulfide) groups is 1. The molecular formula is C17H21N3S. The van der Waals surface area contributed by atoms with Crippen molar-refractivity contribution in [2.45, 2.75) is 43.1 Å². The van der Waals surface area contributed by atoms with Gasteiger partial charge < -0.3 is 5.73 Å². The second kappa shape index (κ2) is 6.94. The first-order chi connectivity index (χ1) is 10.3. The lowest BCUT2D eigenvalue weighted by Gasteiger charge is -2.20. The predicted molar refractivity (Wildman–Crippen MR) is 90.0 cm³/mol. The van der Waals surface area contributed by atoms with Crippen molar-refractivity contribution < 1.29 is 0 Å². The molecule has 0 radical (unpaired) electrons. The van der Waals surface area contributed by atoms with E-state index in [1.54, 1.807) is 0 Å². The van der Waals surface area contributed by atoms with Crippen LogP contribution >= 0.6 is 11.8 Å². The molecule has 0 unspecified atom stereocenters. The van der Waals surface area contributed by atoms with Gasteiger partial charge in [-0.15, -0.1) is 0 Å². The van der Waals surface area contributed by atoms with E-state index >= 15 is 0 Å². The maximum absolute atomic E-state index is 5.95. The summed E-state index contributed by atoms with van der Waals surface area (Å²) >= 11 is 1.98. The van der Waals surface area contributed by atoms with Gasteiger partial charge in [-0.2, -0.15) is 11.8 Å². The Labute approximate surface area is 130 Å². The first-order valence-corrected chi connectivity index (χ1v) is 8.66. The number of nitrogen functional groups attached to an aromatic ring is 1. The summed E-state index contributed by atoms with van der Waals surface area (Å²) in [6, 6.07) is 12.0. The van der Waals surface area contributed by atoms with Crippen molar-refractivity contribution in [3.05, 3.63) is 42.2 Å². The Kier molecular flexibility index (Phi) is 4.76. The average Bonchev–Trinajstić information content (AvgIpc) is 2.54. The largest absolute Gasteiger partial charge is 0.384 e. The molecule has 1 saturated carbocycles. The number of nitrogens with zero attached hydrogens (tertiary/aromatic N) is 2. The quantitative estimate of drug-likeness (QED) is 0.915. The minimum atomic E-state index is 0.558. The molecule has 2 aromatic rings. The zero-order valence-electron chi connectivity index (χ0n) is 12.2. The molecule has 4 heteroatoms. The molecule has 3 rings (SSSR count). The van der Waals surface area contributed by atoms with Gasteiger partial charge in [0.2, 0.25) is 0 Å². The summed E-state index contributed by atoms with van der Waals surface area (Å²) in [6.45, 7) is 0. The number of benzene rings is 1. The number of aromatic nitrogens is 2. The molecule has 0 bridgehead atoms. The summed E-state index contributed by atoms with van der Waals surface area (Å²) < 4.78 is 0. The van der Waals surface area contributed by atoms with E-state index in [9.17, 15) is 0 Å². The van der Waals surface area contributed by atoms with E-state index in [4.69, 9.17) is 5.73 Å². The van der Waals surface area contributed by atoms with Crippen LogP contribution < -0.4 is 5.73 Å². The second-order valence-corrected chi connectivity index (χ2v) is 6.82. The number of rotatable bonds is 4. The van der Waals surface area contributed by atoms with Crippen LogP contribution in [0.5, 0.6) is 0 Å². The third-order valence-corrected chi connectivity index (χ3v) is 5.23. The second-order valence-electron chi connectivity index (χ2n) is 5.53. The zero-order chi connectivity index (χ0) is 14.5. The van der Waals surface area contributed by atoms with Gasteiger partial charge in [-0.25, -0.2) is 9.97 Å². The van der Waals surface area contributed by atoms with Crippen LogP contribution in [0.25, 0.3) is 11.3 Å². The molecule has 3 nitrogen and oxygen atoms in total. The van der Waals surface area contributed by atoms with Gasteiger partial charge in [0.15, 0.2) is 0 Å². The Morgan fingerprint density at radius 2 is 1.81 bits per heavy atom. The highest BCUT2D eigenvalue weighted by molar-refractivity contribution is 7.99. The standard InChI is InChI=1S/C17H21N3S/c18-16-11-15(13-7-3-1-4-8-13)19-17(20-16)12-21-14-9-5-2-6-10-14/h1,3-4,7-8,11,14H,2,5-6,9-10,12H2,(H2,18,19,20). The first kappa shape index (κ1) is 14.4. The van der Waals surface area contributed by atoms with E-state index < -0.39 is 0 Å². The number of hydrogen-bond acceptors (Lipinski definition) is 4. The highest BCUT2D eigenvalue weighted by Crippen LogP contribution is 2.30. The minimum absolute atomic E-state index is 0.558. The van der Waals surface area contributed by atoms with Crippen molar-refractivity contribution in [1.82, 2.24) is 9.97 Å². The average molecular weight is 299 g/mol. The fraction of sp³-hybridized carbons (Fsp3) is 0.412. The zero-order valence-corrected chi connectivity index (χ0v) is 13.0. The minimum Gasteiger partial charge on any atom is -0.384 e. The van der Waals surface area contributed by atoms with Crippen LogP contribution in [0, 0.1) is 0 Å². The molecule has 0 amide bonds. The number of hydrogen-bond donors (Lipinski definition) is 1. The van der Waals surface area contributed by atoms with Crippen molar-refractivity contribution in [3.8, 4) is 11.3 Å². The smallest absolute Gasteiger partial charge is 0.141 e. The van der Waals surface area contributed by atoms with E-state index in [-0.39, 0.29) is 0 Å². The highest BCUT2D eigenvalue weighted by Gasteiger charge is 2.14. The Morgan fingerprint density at radius 1 is 1.05 bits per heavy atom. The van der Waals surface area contributed by atoms with Crippen LogP contribution in [0.4, 0.5) is 5.82 Å². The molecular weight excluding hydrogens is 278 g/mol. The van der Waals surface area contributed by atoms with Crippen LogP contribution in [-0.4, -0.2) is 15.2 Å². The third kappa shape index (κ3) is 3.97. The molecule has 0 atom stereocenters. The van der Waals surface area contributed by atoms with E-state index in [0.717, 1.165) is 28.1 Å². The van der Waals surface area contributed by atoms with E-state index in [1.807, 2.05) is 36.0 Å². The van der Waals surface area contributed by atoms with Crippen molar-refractivity contribution in [3.63, 3.8) is 0 Å². The summed E-state index contributed by atoms with van der Waals surface area (Å²) in [5.74, 6) is 2.27. The lowest BCUT2D eigenvalue weighted by atomic mass is 10.0. The highest BCUT2D eigenvalue weighted by atomic mass is 32.2. The Balaban J connectivity index is 1.72. The molecule has 1 aliphatic carbocycles. The van der Waals surface area contributed by atoms with Crippen molar-refractivity contribution in [2.24, 2.45) is 0 Å². The summed E-state index contributed by atoms with van der Waals surface area (Å²) in [7, 11) is 0. The molecule has 0 aliphatic heterocycles. The first-order valence-electron chi connectivity index (χ1n) is 7.62. The van der Waals surface area contributed by atoms with Crippen LogP contribution in [0.1, 0.15) is 37.9 Å². The van der Waals surface area contributed by atoms with Gasteiger partial charge in [-0.3, -0.25) is 0 Å². The molecule has 1 aromatic carbocycles. The summed E-state index contributed by atoms with van der Waals surface area (Å²) in [4.78, 5) is 9.07. The van der Waals surface area contributed by atoms with Gasteiger partial charge in [0.1, 0.15) is 11.6 Å². The van der Waals surface area contributed by atoms with Gasteiger partial charge in [-0.05, 0) is 12.8 Å². The fourth-order valence-corrected chi connectivity index (χ4v) is 3.94. The van der Waals surface area contributed by atoms with Gasteiger partial charge in [0, 0.05) is 16.9 Å². The van der Waals surface area contributed by atoms with Crippen molar-refractivity contribution in [1.29, 1.82) is 0 Å². The van der Waals surface area contributed by atoms with Gasteiger partial charge in [0.05, 0.1) is 11.4 Å². The topological polar surface area (TPSA) is 51.8 Å². The maximum Gasteiger partial charge on any atom is 0.141 e. The molecule has 1 heterocycles. The Morgan fingerprint density at radius 3 is 2.57 bits per heavy atom. The SMILES string of the molecule is Nc1cc(-c2ccccc2)nc(CSC2CCCCC2)n1. The number of anilines is 1. The Bertz CT molecular complexity index is 580. The molecule has 1 aromatic heterocycles. The van der Waals surface area contributed by atoms with Crippen LogP contribution in [0.15, 0.2) is 36.4 Å². The lowest BCUT2D eigenvalue weighted by Crippen LogP contribution is -2.09. The summed E-state index contributed by atoms with van der Waals surface area (Å²) in [5.41, 5.74) is 7.96. The molecule has 1 fully saturated rings. The molecule has 21 heavy (non-hydrogen) atoms. The normalized spacial score (nSPS) is 16.0.